The zero-order chi connectivity index (χ0) is 25.5. The fourth-order valence-electron chi connectivity index (χ4n) is 6.20. The number of fused-ring (bicyclic) bond motifs is 12. The number of para-hydroxylation sites is 1. The number of rotatable bonds is 2. The van der Waals surface area contributed by atoms with E-state index < -0.39 is 0 Å². The third kappa shape index (κ3) is 2.93. The Morgan fingerprint density at radius 2 is 1.23 bits per heavy atom. The van der Waals surface area contributed by atoms with Crippen LogP contribution in [-0.4, -0.2) is 9.55 Å². The molecule has 0 saturated carbocycles. The molecule has 4 heterocycles. The van der Waals surface area contributed by atoms with Gasteiger partial charge in [-0.3, -0.25) is 0 Å². The van der Waals surface area contributed by atoms with Gasteiger partial charge in [0.25, 0.3) is 0 Å². The van der Waals surface area contributed by atoms with Gasteiger partial charge >= 0.3 is 0 Å². The van der Waals surface area contributed by atoms with E-state index in [0.717, 1.165) is 4.83 Å². The zero-order valence-electron chi connectivity index (χ0n) is 20.8. The minimum Gasteiger partial charge on any atom is -0.308 e. The van der Waals surface area contributed by atoms with Gasteiger partial charge in [-0.05, 0) is 47.5 Å². The Hall–Kier alpha value is -4.51. The quantitative estimate of drug-likeness (QED) is 0.216. The van der Waals surface area contributed by atoms with Crippen LogP contribution in [0.15, 0.2) is 121 Å². The van der Waals surface area contributed by atoms with Gasteiger partial charge in [0.15, 0.2) is 0 Å². The SMILES string of the molecule is c1ccc(-c2ccc(-n3c4ccccc4c4c5c6cccnc6sc5c5c6ccccc6sc5c43)cc2)cc1. The van der Waals surface area contributed by atoms with Crippen LogP contribution in [0.4, 0.5) is 0 Å². The molecule has 4 aromatic heterocycles. The molecule has 0 amide bonds. The van der Waals surface area contributed by atoms with E-state index >= 15 is 0 Å². The Morgan fingerprint density at radius 1 is 0.513 bits per heavy atom. The van der Waals surface area contributed by atoms with Crippen molar-refractivity contribution in [1.82, 2.24) is 9.55 Å². The van der Waals surface area contributed by atoms with Crippen molar-refractivity contribution in [3.8, 4) is 16.8 Å². The summed E-state index contributed by atoms with van der Waals surface area (Å²) in [5, 5.41) is 7.85. The molecule has 5 aromatic carbocycles. The molecule has 182 valence electrons. The van der Waals surface area contributed by atoms with Crippen molar-refractivity contribution in [2.24, 2.45) is 0 Å². The molecule has 9 rings (SSSR count). The van der Waals surface area contributed by atoms with Gasteiger partial charge in [0.05, 0.1) is 15.7 Å². The first kappa shape index (κ1) is 21.4. The monoisotopic (exact) mass is 532 g/mol. The van der Waals surface area contributed by atoms with E-state index in [1.54, 1.807) is 0 Å². The summed E-state index contributed by atoms with van der Waals surface area (Å²) < 4.78 is 6.48. The lowest BCUT2D eigenvalue weighted by molar-refractivity contribution is 1.19. The normalized spacial score (nSPS) is 12.1. The first-order valence-corrected chi connectivity index (χ1v) is 14.7. The van der Waals surface area contributed by atoms with Gasteiger partial charge < -0.3 is 4.57 Å². The molecule has 0 spiro atoms. The average Bonchev–Trinajstić information content (AvgIpc) is 3.67. The summed E-state index contributed by atoms with van der Waals surface area (Å²) in [6.07, 6.45) is 1.91. The summed E-state index contributed by atoms with van der Waals surface area (Å²) >= 11 is 3.73. The van der Waals surface area contributed by atoms with E-state index in [-0.39, 0.29) is 0 Å². The van der Waals surface area contributed by atoms with Gasteiger partial charge in [-0.15, -0.1) is 22.7 Å². The molecule has 4 heteroatoms. The number of pyridine rings is 1. The molecule has 0 fully saturated rings. The third-order valence-electron chi connectivity index (χ3n) is 7.86. The smallest absolute Gasteiger partial charge is 0.124 e. The van der Waals surface area contributed by atoms with E-state index in [2.05, 4.69) is 120 Å². The minimum atomic E-state index is 1.10. The maximum atomic E-state index is 4.80. The van der Waals surface area contributed by atoms with Gasteiger partial charge in [-0.25, -0.2) is 4.98 Å². The molecule has 2 nitrogen and oxygen atoms in total. The van der Waals surface area contributed by atoms with Gasteiger partial charge in [-0.2, -0.15) is 0 Å². The van der Waals surface area contributed by atoms with Crippen LogP contribution >= 0.6 is 22.7 Å². The molecule has 0 radical (unpaired) electrons. The van der Waals surface area contributed by atoms with Crippen LogP contribution in [0.5, 0.6) is 0 Å². The first-order chi connectivity index (χ1) is 19.4. The second-order valence-electron chi connectivity index (χ2n) is 9.95. The van der Waals surface area contributed by atoms with Crippen LogP contribution in [0.25, 0.3) is 79.1 Å². The van der Waals surface area contributed by atoms with Crippen molar-refractivity contribution in [3.05, 3.63) is 121 Å². The Kier molecular flexibility index (Phi) is 4.39. The molecular weight excluding hydrogens is 513 g/mol. The number of hydrogen-bond acceptors (Lipinski definition) is 3. The lowest BCUT2D eigenvalue weighted by atomic mass is 10.0. The predicted octanol–water partition coefficient (Wildman–Crippen LogP) is 10.6. The topological polar surface area (TPSA) is 17.8 Å². The highest BCUT2D eigenvalue weighted by Crippen LogP contribution is 2.51. The maximum Gasteiger partial charge on any atom is 0.124 e. The number of hydrogen-bond donors (Lipinski definition) is 0. The van der Waals surface area contributed by atoms with E-state index in [0.29, 0.717) is 0 Å². The van der Waals surface area contributed by atoms with Crippen LogP contribution < -0.4 is 0 Å². The molecular formula is C35H20N2S2. The van der Waals surface area contributed by atoms with E-state index in [1.165, 1.54) is 74.3 Å². The number of nitrogens with zero attached hydrogens (tertiary/aromatic N) is 2. The van der Waals surface area contributed by atoms with Crippen molar-refractivity contribution >= 4 is 85.0 Å². The van der Waals surface area contributed by atoms with Gasteiger partial charge in [-0.1, -0.05) is 78.9 Å². The molecule has 0 saturated heterocycles. The molecule has 0 aliphatic rings. The average molecular weight is 533 g/mol. The summed E-state index contributed by atoms with van der Waals surface area (Å²) in [6.45, 7) is 0. The second kappa shape index (κ2) is 8.00. The molecule has 0 N–H and O–H groups in total. The first-order valence-electron chi connectivity index (χ1n) is 13.1. The van der Waals surface area contributed by atoms with Crippen LogP contribution in [0.2, 0.25) is 0 Å². The van der Waals surface area contributed by atoms with Crippen LogP contribution in [0, 0.1) is 0 Å². The Labute approximate surface area is 232 Å². The van der Waals surface area contributed by atoms with Crippen molar-refractivity contribution in [3.63, 3.8) is 0 Å². The van der Waals surface area contributed by atoms with Crippen LogP contribution in [0.1, 0.15) is 0 Å². The van der Waals surface area contributed by atoms with Gasteiger partial charge in [0, 0.05) is 53.6 Å². The highest BCUT2D eigenvalue weighted by molar-refractivity contribution is 7.30. The molecule has 0 aliphatic carbocycles. The van der Waals surface area contributed by atoms with Crippen molar-refractivity contribution < 1.29 is 0 Å². The van der Waals surface area contributed by atoms with Crippen molar-refractivity contribution in [1.29, 1.82) is 0 Å². The van der Waals surface area contributed by atoms with Crippen LogP contribution in [0.3, 0.4) is 0 Å². The second-order valence-corrected chi connectivity index (χ2v) is 12.0. The third-order valence-corrected chi connectivity index (χ3v) is 10.2. The highest BCUT2D eigenvalue weighted by Gasteiger charge is 2.24. The van der Waals surface area contributed by atoms with E-state index in [9.17, 15) is 0 Å². The lowest BCUT2D eigenvalue weighted by Crippen LogP contribution is -1.94. The Balaban J connectivity index is 1.50. The minimum absolute atomic E-state index is 1.10. The van der Waals surface area contributed by atoms with Gasteiger partial charge in [0.1, 0.15) is 4.83 Å². The largest absolute Gasteiger partial charge is 0.308 e. The summed E-state index contributed by atoms with van der Waals surface area (Å²) in [5.74, 6) is 0. The van der Waals surface area contributed by atoms with Crippen LogP contribution in [-0.2, 0) is 0 Å². The molecule has 0 aliphatic heterocycles. The van der Waals surface area contributed by atoms with E-state index in [1.807, 2.05) is 28.9 Å². The number of thiophene rings is 2. The fourth-order valence-corrected chi connectivity index (χ4v) is 8.73. The predicted molar refractivity (Wildman–Crippen MR) is 170 cm³/mol. The Morgan fingerprint density at radius 3 is 2.10 bits per heavy atom. The summed E-state index contributed by atoms with van der Waals surface area (Å²) in [4.78, 5) is 5.89. The van der Waals surface area contributed by atoms with E-state index in [4.69, 9.17) is 4.98 Å². The summed E-state index contributed by atoms with van der Waals surface area (Å²) in [7, 11) is 0. The summed E-state index contributed by atoms with van der Waals surface area (Å²) in [5.41, 5.74) is 6.16. The lowest BCUT2D eigenvalue weighted by Gasteiger charge is -2.10. The maximum absolute atomic E-state index is 4.80. The summed E-state index contributed by atoms with van der Waals surface area (Å²) in [6, 6.07) is 41.6. The fraction of sp³-hybridized carbons (Fsp3) is 0. The molecule has 9 aromatic rings. The molecule has 39 heavy (non-hydrogen) atoms. The zero-order valence-corrected chi connectivity index (χ0v) is 22.4. The van der Waals surface area contributed by atoms with Gasteiger partial charge in [0.2, 0.25) is 0 Å². The standard InChI is InChI=1S/C35H20N2S2/c1-2-9-21(10-3-1)22-16-18-23(19-17-22)37-27-14-6-4-11-24(27)29-30-26-13-8-20-36-35(26)39-33(30)31-25-12-5-7-15-28(25)38-34(31)32(29)37/h1-20H. The van der Waals surface area contributed by atoms with Crippen molar-refractivity contribution in [2.45, 2.75) is 0 Å². The number of aromatic nitrogens is 2. The highest BCUT2D eigenvalue weighted by atomic mass is 32.1. The van der Waals surface area contributed by atoms with Crippen molar-refractivity contribution in [2.75, 3.05) is 0 Å². The molecule has 0 bridgehead atoms. The Bertz CT molecular complexity index is 2370. The number of benzene rings is 5. The molecule has 0 atom stereocenters. The molecule has 0 unspecified atom stereocenters.